The zero-order chi connectivity index (χ0) is 15.7. The summed E-state index contributed by atoms with van der Waals surface area (Å²) in [7, 11) is 0. The van der Waals surface area contributed by atoms with E-state index in [4.69, 9.17) is 16.3 Å². The molecule has 0 aromatic carbocycles. The first-order valence-electron chi connectivity index (χ1n) is 7.08. The van der Waals surface area contributed by atoms with Gasteiger partial charge < -0.3 is 14.6 Å². The Morgan fingerprint density at radius 2 is 2.23 bits per heavy atom. The van der Waals surface area contributed by atoms with Crippen LogP contribution in [0.5, 0.6) is 0 Å². The summed E-state index contributed by atoms with van der Waals surface area (Å²) in [6.45, 7) is 5.25. The third kappa shape index (κ3) is 3.53. The van der Waals surface area contributed by atoms with Crippen LogP contribution in [-0.4, -0.2) is 56.8 Å². The van der Waals surface area contributed by atoms with Crippen LogP contribution in [0, 0.1) is 0 Å². The number of aromatic nitrogens is 3. The Morgan fingerprint density at radius 3 is 2.95 bits per heavy atom. The van der Waals surface area contributed by atoms with Gasteiger partial charge in [0, 0.05) is 19.3 Å². The topological polar surface area (TPSA) is 71.1 Å². The van der Waals surface area contributed by atoms with Crippen molar-refractivity contribution in [1.29, 1.82) is 0 Å². The molecule has 6 nitrogen and oxygen atoms in total. The van der Waals surface area contributed by atoms with Crippen molar-refractivity contribution >= 4 is 40.4 Å². The summed E-state index contributed by atoms with van der Waals surface area (Å²) < 4.78 is 5.64. The number of pyridine rings is 1. The fraction of sp³-hybridized carbons (Fsp3) is 0.500. The first-order chi connectivity index (χ1) is 10.5. The van der Waals surface area contributed by atoms with Gasteiger partial charge in [0.2, 0.25) is 5.91 Å². The van der Waals surface area contributed by atoms with Crippen LogP contribution < -0.4 is 0 Å². The number of carbonyl (C=O) groups excluding carboxylic acids is 1. The average Bonchev–Trinajstić information content (AvgIpc) is 2.85. The second kappa shape index (κ2) is 6.44. The second-order valence-corrected chi connectivity index (χ2v) is 6.81. The first kappa shape index (κ1) is 15.6. The molecule has 3 heterocycles. The third-order valence-corrected chi connectivity index (χ3v) is 4.45. The quantitative estimate of drug-likeness (QED) is 0.868. The van der Waals surface area contributed by atoms with Crippen molar-refractivity contribution in [1.82, 2.24) is 19.9 Å². The first-order valence-corrected chi connectivity index (χ1v) is 8.45. The predicted molar refractivity (Wildman–Crippen MR) is 86.2 cm³/mol. The Kier molecular flexibility index (Phi) is 4.56. The molecule has 1 saturated heterocycles. The van der Waals surface area contributed by atoms with Gasteiger partial charge in [-0.25, -0.2) is 9.97 Å². The van der Waals surface area contributed by atoms with E-state index in [0.717, 1.165) is 5.52 Å². The van der Waals surface area contributed by atoms with E-state index in [9.17, 15) is 4.79 Å². The number of thioether (sulfide) groups is 1. The van der Waals surface area contributed by atoms with Gasteiger partial charge in [-0.05, 0) is 19.9 Å². The highest BCUT2D eigenvalue weighted by molar-refractivity contribution is 7.99. The molecule has 0 bridgehead atoms. The number of fused-ring (bicyclic) bond motifs is 1. The zero-order valence-electron chi connectivity index (χ0n) is 12.4. The SMILES string of the molecule is C[C@@H]1CN(C(=O)CSc2nc3ncc(Cl)cc3[nH]2)C[C@@H](C)O1. The van der Waals surface area contributed by atoms with Crippen molar-refractivity contribution in [3.8, 4) is 0 Å². The lowest BCUT2D eigenvalue weighted by molar-refractivity contribution is -0.140. The van der Waals surface area contributed by atoms with Gasteiger partial charge in [0.25, 0.3) is 0 Å². The summed E-state index contributed by atoms with van der Waals surface area (Å²) in [6.07, 6.45) is 1.71. The van der Waals surface area contributed by atoms with Gasteiger partial charge in [-0.3, -0.25) is 4.79 Å². The summed E-state index contributed by atoms with van der Waals surface area (Å²) in [5.74, 6) is 0.436. The number of nitrogens with zero attached hydrogens (tertiary/aromatic N) is 3. The maximum absolute atomic E-state index is 12.3. The standard InChI is InChI=1S/C14H17ClN4O2S/c1-8-5-19(6-9(2)21-8)12(20)7-22-14-17-11-3-10(15)4-16-13(11)18-14/h3-4,8-9H,5-7H2,1-2H3,(H,16,17,18)/t8-,9-/m1/s1. The Hall–Kier alpha value is -1.31. The molecule has 1 aliphatic rings. The lowest BCUT2D eigenvalue weighted by atomic mass is 10.2. The van der Waals surface area contributed by atoms with Crippen LogP contribution in [0.25, 0.3) is 11.2 Å². The molecule has 22 heavy (non-hydrogen) atoms. The van der Waals surface area contributed by atoms with Crippen molar-refractivity contribution < 1.29 is 9.53 Å². The van der Waals surface area contributed by atoms with Crippen LogP contribution in [0.3, 0.4) is 0 Å². The van der Waals surface area contributed by atoms with Crippen molar-refractivity contribution in [3.05, 3.63) is 17.3 Å². The van der Waals surface area contributed by atoms with E-state index in [1.165, 1.54) is 11.8 Å². The van der Waals surface area contributed by atoms with E-state index >= 15 is 0 Å². The number of morpholine rings is 1. The molecule has 3 rings (SSSR count). The number of rotatable bonds is 3. The predicted octanol–water partition coefficient (Wildman–Crippen LogP) is 2.34. The molecule has 118 valence electrons. The number of ether oxygens (including phenoxy) is 1. The number of hydrogen-bond donors (Lipinski definition) is 1. The number of aromatic amines is 1. The fourth-order valence-electron chi connectivity index (χ4n) is 2.52. The summed E-state index contributed by atoms with van der Waals surface area (Å²) in [5, 5.41) is 1.23. The molecular formula is C14H17ClN4O2S. The molecule has 0 radical (unpaired) electrons. The summed E-state index contributed by atoms with van der Waals surface area (Å²) in [5.41, 5.74) is 1.38. The van der Waals surface area contributed by atoms with Gasteiger partial charge >= 0.3 is 0 Å². The van der Waals surface area contributed by atoms with E-state index in [1.807, 2.05) is 18.7 Å². The molecule has 1 amide bonds. The average molecular weight is 341 g/mol. The van der Waals surface area contributed by atoms with Gasteiger partial charge in [0.15, 0.2) is 10.8 Å². The Morgan fingerprint density at radius 1 is 1.50 bits per heavy atom. The van der Waals surface area contributed by atoms with Gasteiger partial charge in [-0.2, -0.15) is 0 Å². The van der Waals surface area contributed by atoms with Gasteiger partial charge in [0.05, 0.1) is 28.5 Å². The van der Waals surface area contributed by atoms with Crippen LogP contribution in [0.15, 0.2) is 17.4 Å². The van der Waals surface area contributed by atoms with Crippen LogP contribution in [0.2, 0.25) is 5.02 Å². The van der Waals surface area contributed by atoms with Crippen LogP contribution >= 0.6 is 23.4 Å². The zero-order valence-corrected chi connectivity index (χ0v) is 13.9. The second-order valence-electron chi connectivity index (χ2n) is 5.41. The Labute approximate surface area is 137 Å². The highest BCUT2D eigenvalue weighted by Crippen LogP contribution is 2.21. The van der Waals surface area contributed by atoms with E-state index < -0.39 is 0 Å². The van der Waals surface area contributed by atoms with E-state index in [-0.39, 0.29) is 18.1 Å². The molecule has 2 aromatic heterocycles. The van der Waals surface area contributed by atoms with Gasteiger partial charge in [-0.15, -0.1) is 0 Å². The molecule has 2 atom stereocenters. The van der Waals surface area contributed by atoms with Crippen molar-refractivity contribution in [2.45, 2.75) is 31.2 Å². The summed E-state index contributed by atoms with van der Waals surface area (Å²) in [6, 6.07) is 1.77. The number of halogens is 1. The van der Waals surface area contributed by atoms with Gasteiger partial charge in [0.1, 0.15) is 0 Å². The third-order valence-electron chi connectivity index (χ3n) is 3.39. The number of amides is 1. The van der Waals surface area contributed by atoms with E-state index in [1.54, 1.807) is 12.3 Å². The molecule has 1 aliphatic heterocycles. The number of hydrogen-bond acceptors (Lipinski definition) is 5. The molecule has 0 unspecified atom stereocenters. The summed E-state index contributed by atoms with van der Waals surface area (Å²) in [4.78, 5) is 25.8. The van der Waals surface area contributed by atoms with Crippen molar-refractivity contribution in [2.75, 3.05) is 18.8 Å². The molecule has 1 fully saturated rings. The molecule has 8 heteroatoms. The molecule has 2 aromatic rings. The Balaban J connectivity index is 1.62. The summed E-state index contributed by atoms with van der Waals surface area (Å²) >= 11 is 7.27. The minimum atomic E-state index is 0.0789. The molecular weight excluding hydrogens is 324 g/mol. The number of carbonyl (C=O) groups is 1. The fourth-order valence-corrected chi connectivity index (χ4v) is 3.46. The molecule has 0 saturated carbocycles. The lowest BCUT2D eigenvalue weighted by Gasteiger charge is -2.35. The van der Waals surface area contributed by atoms with Crippen LogP contribution in [0.4, 0.5) is 0 Å². The highest BCUT2D eigenvalue weighted by atomic mass is 35.5. The van der Waals surface area contributed by atoms with Crippen molar-refractivity contribution in [2.24, 2.45) is 0 Å². The normalized spacial score (nSPS) is 22.2. The maximum Gasteiger partial charge on any atom is 0.233 e. The maximum atomic E-state index is 12.3. The Bertz CT molecular complexity index is 683. The highest BCUT2D eigenvalue weighted by Gasteiger charge is 2.25. The van der Waals surface area contributed by atoms with Crippen LogP contribution in [0.1, 0.15) is 13.8 Å². The minimum absolute atomic E-state index is 0.0789. The van der Waals surface area contributed by atoms with Crippen molar-refractivity contribution in [3.63, 3.8) is 0 Å². The smallest absolute Gasteiger partial charge is 0.233 e. The molecule has 0 spiro atoms. The largest absolute Gasteiger partial charge is 0.372 e. The van der Waals surface area contributed by atoms with E-state index in [2.05, 4.69) is 15.0 Å². The van der Waals surface area contributed by atoms with Gasteiger partial charge in [-0.1, -0.05) is 23.4 Å². The molecule has 0 aliphatic carbocycles. The molecule has 1 N–H and O–H groups in total. The lowest BCUT2D eigenvalue weighted by Crippen LogP contribution is -2.48. The van der Waals surface area contributed by atoms with Crippen LogP contribution in [-0.2, 0) is 9.53 Å². The minimum Gasteiger partial charge on any atom is -0.372 e. The number of H-pyrrole nitrogens is 1. The monoisotopic (exact) mass is 340 g/mol. The number of imidazole rings is 1. The van der Waals surface area contributed by atoms with E-state index in [0.29, 0.717) is 34.7 Å². The number of nitrogens with one attached hydrogen (secondary N) is 1.